The SMILES string of the molecule is CCC(O)C(Cc1ccccc1)c1ccccc1. The Morgan fingerprint density at radius 2 is 1.44 bits per heavy atom. The first-order chi connectivity index (χ1) is 8.81. The Balaban J connectivity index is 2.21. The van der Waals surface area contributed by atoms with Crippen LogP contribution in [0, 0.1) is 0 Å². The van der Waals surface area contributed by atoms with Crippen molar-refractivity contribution in [1.29, 1.82) is 0 Å². The van der Waals surface area contributed by atoms with Gasteiger partial charge in [-0.15, -0.1) is 0 Å². The summed E-state index contributed by atoms with van der Waals surface area (Å²) >= 11 is 0. The first kappa shape index (κ1) is 12.8. The molecule has 0 aliphatic carbocycles. The van der Waals surface area contributed by atoms with Crippen molar-refractivity contribution in [2.45, 2.75) is 31.8 Å². The zero-order valence-electron chi connectivity index (χ0n) is 10.8. The number of aliphatic hydroxyl groups is 1. The van der Waals surface area contributed by atoms with E-state index in [4.69, 9.17) is 0 Å². The quantitative estimate of drug-likeness (QED) is 0.843. The molecular weight excluding hydrogens is 220 g/mol. The summed E-state index contributed by atoms with van der Waals surface area (Å²) in [6.07, 6.45) is 1.39. The van der Waals surface area contributed by atoms with Gasteiger partial charge in [-0.1, -0.05) is 67.6 Å². The second-order valence-electron chi connectivity index (χ2n) is 4.68. The van der Waals surface area contributed by atoms with Gasteiger partial charge in [0.05, 0.1) is 6.10 Å². The lowest BCUT2D eigenvalue weighted by molar-refractivity contribution is 0.138. The van der Waals surface area contributed by atoms with Gasteiger partial charge in [-0.3, -0.25) is 0 Å². The van der Waals surface area contributed by atoms with Crippen molar-refractivity contribution in [2.75, 3.05) is 0 Å². The Morgan fingerprint density at radius 3 is 2.00 bits per heavy atom. The summed E-state index contributed by atoms with van der Waals surface area (Å²) in [7, 11) is 0. The molecule has 18 heavy (non-hydrogen) atoms. The zero-order valence-corrected chi connectivity index (χ0v) is 10.8. The monoisotopic (exact) mass is 240 g/mol. The van der Waals surface area contributed by atoms with E-state index >= 15 is 0 Å². The Labute approximate surface area is 109 Å². The van der Waals surface area contributed by atoms with E-state index in [0.717, 1.165) is 12.8 Å². The molecule has 1 heteroatoms. The van der Waals surface area contributed by atoms with E-state index in [2.05, 4.69) is 36.4 Å². The summed E-state index contributed by atoms with van der Waals surface area (Å²) in [5.41, 5.74) is 2.49. The van der Waals surface area contributed by atoms with Crippen LogP contribution in [0.4, 0.5) is 0 Å². The summed E-state index contributed by atoms with van der Waals surface area (Å²) in [6, 6.07) is 20.7. The summed E-state index contributed by atoms with van der Waals surface area (Å²) in [4.78, 5) is 0. The van der Waals surface area contributed by atoms with Crippen LogP contribution in [0.15, 0.2) is 60.7 Å². The topological polar surface area (TPSA) is 20.2 Å². The van der Waals surface area contributed by atoms with E-state index in [1.807, 2.05) is 31.2 Å². The zero-order chi connectivity index (χ0) is 12.8. The van der Waals surface area contributed by atoms with Gasteiger partial charge in [-0.25, -0.2) is 0 Å². The molecule has 0 aromatic heterocycles. The molecule has 1 N–H and O–H groups in total. The van der Waals surface area contributed by atoms with Crippen LogP contribution in [-0.2, 0) is 6.42 Å². The fourth-order valence-electron chi connectivity index (χ4n) is 2.33. The maximum absolute atomic E-state index is 10.2. The van der Waals surface area contributed by atoms with E-state index in [-0.39, 0.29) is 12.0 Å². The van der Waals surface area contributed by atoms with Crippen molar-refractivity contribution < 1.29 is 5.11 Å². The highest BCUT2D eigenvalue weighted by Gasteiger charge is 2.19. The molecule has 0 amide bonds. The van der Waals surface area contributed by atoms with Crippen LogP contribution in [0.2, 0.25) is 0 Å². The third kappa shape index (κ3) is 3.21. The third-order valence-corrected chi connectivity index (χ3v) is 3.41. The highest BCUT2D eigenvalue weighted by Crippen LogP contribution is 2.25. The molecule has 2 unspecified atom stereocenters. The van der Waals surface area contributed by atoms with Gasteiger partial charge in [-0.05, 0) is 24.0 Å². The maximum atomic E-state index is 10.2. The van der Waals surface area contributed by atoms with Crippen LogP contribution in [0.5, 0.6) is 0 Å². The Kier molecular flexibility index (Phi) is 4.54. The second kappa shape index (κ2) is 6.36. The average molecular weight is 240 g/mol. The molecule has 0 radical (unpaired) electrons. The smallest absolute Gasteiger partial charge is 0.0609 e. The minimum Gasteiger partial charge on any atom is -0.392 e. The molecule has 0 aliphatic rings. The van der Waals surface area contributed by atoms with Gasteiger partial charge in [0.15, 0.2) is 0 Å². The van der Waals surface area contributed by atoms with Gasteiger partial charge in [0, 0.05) is 5.92 Å². The standard InChI is InChI=1S/C17H20O/c1-2-17(18)16(15-11-7-4-8-12-15)13-14-9-5-3-6-10-14/h3-12,16-18H,2,13H2,1H3. The molecule has 94 valence electrons. The Morgan fingerprint density at radius 1 is 0.889 bits per heavy atom. The lowest BCUT2D eigenvalue weighted by atomic mass is 9.86. The molecule has 2 aromatic rings. The summed E-state index contributed by atoms with van der Waals surface area (Å²) in [5.74, 6) is 0.179. The number of hydrogen-bond acceptors (Lipinski definition) is 1. The Bertz CT molecular complexity index is 450. The maximum Gasteiger partial charge on any atom is 0.0609 e. The van der Waals surface area contributed by atoms with Crippen molar-refractivity contribution in [1.82, 2.24) is 0 Å². The largest absolute Gasteiger partial charge is 0.392 e. The van der Waals surface area contributed by atoms with E-state index < -0.39 is 0 Å². The van der Waals surface area contributed by atoms with Gasteiger partial charge in [0.2, 0.25) is 0 Å². The van der Waals surface area contributed by atoms with E-state index in [1.165, 1.54) is 11.1 Å². The molecule has 2 atom stereocenters. The molecule has 0 heterocycles. The van der Waals surface area contributed by atoms with E-state index in [9.17, 15) is 5.11 Å². The Hall–Kier alpha value is -1.60. The van der Waals surface area contributed by atoms with Gasteiger partial charge >= 0.3 is 0 Å². The normalized spacial score (nSPS) is 14.1. The van der Waals surface area contributed by atoms with Crippen LogP contribution in [0.25, 0.3) is 0 Å². The van der Waals surface area contributed by atoms with Crippen molar-refractivity contribution in [3.8, 4) is 0 Å². The molecule has 0 spiro atoms. The van der Waals surface area contributed by atoms with Gasteiger partial charge in [0.1, 0.15) is 0 Å². The average Bonchev–Trinajstić information content (AvgIpc) is 2.46. The predicted octanol–water partition coefficient (Wildman–Crippen LogP) is 3.78. The van der Waals surface area contributed by atoms with Gasteiger partial charge in [0.25, 0.3) is 0 Å². The van der Waals surface area contributed by atoms with Gasteiger partial charge in [-0.2, -0.15) is 0 Å². The van der Waals surface area contributed by atoms with Crippen molar-refractivity contribution in [3.63, 3.8) is 0 Å². The number of hydrogen-bond donors (Lipinski definition) is 1. The fourth-order valence-corrected chi connectivity index (χ4v) is 2.33. The highest BCUT2D eigenvalue weighted by molar-refractivity contribution is 5.25. The lowest BCUT2D eigenvalue weighted by Gasteiger charge is -2.22. The highest BCUT2D eigenvalue weighted by atomic mass is 16.3. The molecule has 2 rings (SSSR count). The summed E-state index contributed by atoms with van der Waals surface area (Å²) < 4.78 is 0. The van der Waals surface area contributed by atoms with Crippen molar-refractivity contribution in [3.05, 3.63) is 71.8 Å². The van der Waals surface area contributed by atoms with E-state index in [1.54, 1.807) is 0 Å². The second-order valence-corrected chi connectivity index (χ2v) is 4.68. The molecule has 2 aromatic carbocycles. The summed E-state index contributed by atoms with van der Waals surface area (Å²) in [6.45, 7) is 2.03. The van der Waals surface area contributed by atoms with Crippen LogP contribution < -0.4 is 0 Å². The van der Waals surface area contributed by atoms with Crippen LogP contribution in [0.1, 0.15) is 30.4 Å². The number of aliphatic hydroxyl groups excluding tert-OH is 1. The number of benzene rings is 2. The molecule has 1 nitrogen and oxygen atoms in total. The van der Waals surface area contributed by atoms with Crippen LogP contribution in [0.3, 0.4) is 0 Å². The van der Waals surface area contributed by atoms with Crippen LogP contribution in [-0.4, -0.2) is 11.2 Å². The van der Waals surface area contributed by atoms with Crippen molar-refractivity contribution >= 4 is 0 Å². The third-order valence-electron chi connectivity index (χ3n) is 3.41. The van der Waals surface area contributed by atoms with Gasteiger partial charge < -0.3 is 5.11 Å². The van der Waals surface area contributed by atoms with Crippen LogP contribution >= 0.6 is 0 Å². The first-order valence-corrected chi connectivity index (χ1v) is 6.58. The molecular formula is C17H20O. The van der Waals surface area contributed by atoms with Crippen molar-refractivity contribution in [2.24, 2.45) is 0 Å². The minimum absolute atomic E-state index is 0.179. The minimum atomic E-state index is -0.285. The fraction of sp³-hybridized carbons (Fsp3) is 0.294. The molecule has 0 saturated carbocycles. The molecule has 0 saturated heterocycles. The lowest BCUT2D eigenvalue weighted by Crippen LogP contribution is -2.19. The molecule has 0 bridgehead atoms. The summed E-state index contributed by atoms with van der Waals surface area (Å²) in [5, 5.41) is 10.2. The number of rotatable bonds is 5. The first-order valence-electron chi connectivity index (χ1n) is 6.58. The molecule has 0 fully saturated rings. The molecule has 0 aliphatic heterocycles. The van der Waals surface area contributed by atoms with E-state index in [0.29, 0.717) is 0 Å². The predicted molar refractivity (Wildman–Crippen MR) is 75.6 cm³/mol.